The normalized spacial score (nSPS) is 12.9. The number of carboxylic acids is 1. The van der Waals surface area contributed by atoms with E-state index in [-0.39, 0.29) is 17.1 Å². The van der Waals surface area contributed by atoms with Crippen LogP contribution < -0.4 is 9.47 Å². The van der Waals surface area contributed by atoms with Gasteiger partial charge >= 0.3 is 11.9 Å². The van der Waals surface area contributed by atoms with Crippen molar-refractivity contribution in [2.24, 2.45) is 0 Å². The zero-order chi connectivity index (χ0) is 22.4. The summed E-state index contributed by atoms with van der Waals surface area (Å²) in [6, 6.07) is 20.7. The molecular formula is C25H21FO5. The van der Waals surface area contributed by atoms with E-state index >= 15 is 4.39 Å². The van der Waals surface area contributed by atoms with Crippen molar-refractivity contribution < 1.29 is 28.6 Å². The monoisotopic (exact) mass is 420 g/mol. The average molecular weight is 420 g/mol. The van der Waals surface area contributed by atoms with Gasteiger partial charge in [-0.15, -0.1) is 0 Å². The van der Waals surface area contributed by atoms with Crippen molar-refractivity contribution in [3.63, 3.8) is 0 Å². The van der Waals surface area contributed by atoms with Crippen molar-refractivity contribution in [2.75, 3.05) is 7.11 Å². The van der Waals surface area contributed by atoms with Crippen LogP contribution in [0.2, 0.25) is 0 Å². The maximum Gasteiger partial charge on any atom is 0.353 e. The fourth-order valence-corrected chi connectivity index (χ4v) is 2.96. The molecule has 3 aromatic carbocycles. The van der Waals surface area contributed by atoms with E-state index < -0.39 is 17.6 Å². The van der Waals surface area contributed by atoms with Crippen LogP contribution in [0.5, 0.6) is 11.5 Å². The van der Waals surface area contributed by atoms with E-state index in [2.05, 4.69) is 0 Å². The quantitative estimate of drug-likeness (QED) is 0.321. The summed E-state index contributed by atoms with van der Waals surface area (Å²) in [4.78, 5) is 23.3. The van der Waals surface area contributed by atoms with E-state index in [0.29, 0.717) is 5.56 Å². The fraction of sp³-hybridized carbons (Fsp3) is 0.120. The average Bonchev–Trinajstić information content (AvgIpc) is 2.78. The SMILES string of the molecule is COc1cc(/C=C\C(=O)O)ccc1OC(=O)C(C)(F)c1ccc(-c2ccccc2)cc1. The lowest BCUT2D eigenvalue weighted by Crippen LogP contribution is -2.32. The number of methoxy groups -OCH3 is 1. The lowest BCUT2D eigenvalue weighted by Gasteiger charge is -2.20. The molecule has 0 fully saturated rings. The van der Waals surface area contributed by atoms with Gasteiger partial charge in [0.2, 0.25) is 5.67 Å². The van der Waals surface area contributed by atoms with Crippen molar-refractivity contribution >= 4 is 18.0 Å². The minimum atomic E-state index is -2.39. The van der Waals surface area contributed by atoms with Gasteiger partial charge in [0.05, 0.1) is 7.11 Å². The maximum absolute atomic E-state index is 15.4. The Morgan fingerprint density at radius 2 is 1.58 bits per heavy atom. The first-order valence-electron chi connectivity index (χ1n) is 9.47. The summed E-state index contributed by atoms with van der Waals surface area (Å²) >= 11 is 0. The number of halogens is 1. The van der Waals surface area contributed by atoms with E-state index in [0.717, 1.165) is 24.1 Å². The van der Waals surface area contributed by atoms with E-state index in [1.807, 2.05) is 30.3 Å². The van der Waals surface area contributed by atoms with Gasteiger partial charge in [-0.25, -0.2) is 14.0 Å². The molecule has 5 nitrogen and oxygen atoms in total. The predicted molar refractivity (Wildman–Crippen MR) is 116 cm³/mol. The molecule has 0 aliphatic heterocycles. The van der Waals surface area contributed by atoms with Crippen LogP contribution in [0.1, 0.15) is 18.1 Å². The third-order valence-electron chi connectivity index (χ3n) is 4.73. The van der Waals surface area contributed by atoms with Crippen molar-refractivity contribution in [1.82, 2.24) is 0 Å². The largest absolute Gasteiger partial charge is 0.493 e. The Labute approximate surface area is 179 Å². The summed E-state index contributed by atoms with van der Waals surface area (Å²) in [5, 5.41) is 8.73. The highest BCUT2D eigenvalue weighted by atomic mass is 19.1. The van der Waals surface area contributed by atoms with Crippen molar-refractivity contribution in [1.29, 1.82) is 0 Å². The molecule has 0 saturated heterocycles. The van der Waals surface area contributed by atoms with Gasteiger partial charge in [0.15, 0.2) is 11.5 Å². The van der Waals surface area contributed by atoms with Crippen LogP contribution in [-0.4, -0.2) is 24.2 Å². The maximum atomic E-state index is 15.4. The lowest BCUT2D eigenvalue weighted by molar-refractivity contribution is -0.147. The first kappa shape index (κ1) is 21.8. The molecule has 0 spiro atoms. The van der Waals surface area contributed by atoms with Gasteiger partial charge in [-0.2, -0.15) is 0 Å². The molecule has 0 heterocycles. The number of ether oxygens (including phenoxy) is 2. The summed E-state index contributed by atoms with van der Waals surface area (Å²) in [5.41, 5.74) is 0.192. The number of hydrogen-bond donors (Lipinski definition) is 1. The molecule has 0 saturated carbocycles. The fourth-order valence-electron chi connectivity index (χ4n) is 2.96. The van der Waals surface area contributed by atoms with E-state index in [4.69, 9.17) is 14.6 Å². The molecule has 0 aliphatic rings. The van der Waals surface area contributed by atoms with Crippen LogP contribution >= 0.6 is 0 Å². The molecule has 1 unspecified atom stereocenters. The van der Waals surface area contributed by atoms with E-state index in [1.54, 1.807) is 24.3 Å². The standard InChI is InChI=1S/C25H21FO5/c1-25(26,20-12-10-19(11-13-20)18-6-4-3-5-7-18)24(29)31-21-14-8-17(9-15-23(27)28)16-22(21)30-2/h3-16H,1-2H3,(H,27,28)/b15-9-. The topological polar surface area (TPSA) is 72.8 Å². The number of hydrogen-bond acceptors (Lipinski definition) is 4. The summed E-state index contributed by atoms with van der Waals surface area (Å²) in [5.74, 6) is -1.98. The number of rotatable bonds is 7. The summed E-state index contributed by atoms with van der Waals surface area (Å²) in [6.07, 6.45) is 2.34. The Morgan fingerprint density at radius 3 is 2.19 bits per heavy atom. The number of alkyl halides is 1. The highest BCUT2D eigenvalue weighted by molar-refractivity contribution is 5.86. The number of benzene rings is 3. The molecular weight excluding hydrogens is 399 g/mol. The van der Waals surface area contributed by atoms with E-state index in [9.17, 15) is 9.59 Å². The van der Waals surface area contributed by atoms with Crippen LogP contribution in [0, 0.1) is 0 Å². The molecule has 0 aromatic heterocycles. The van der Waals surface area contributed by atoms with Crippen LogP contribution in [0.25, 0.3) is 17.2 Å². The first-order valence-corrected chi connectivity index (χ1v) is 9.47. The zero-order valence-corrected chi connectivity index (χ0v) is 17.0. The number of aliphatic carboxylic acids is 1. The third kappa shape index (κ3) is 5.17. The van der Waals surface area contributed by atoms with Gasteiger partial charge in [0.25, 0.3) is 0 Å². The van der Waals surface area contributed by atoms with Crippen molar-refractivity contribution in [3.05, 3.63) is 90.0 Å². The molecule has 0 aliphatic carbocycles. The zero-order valence-electron chi connectivity index (χ0n) is 17.0. The Balaban J connectivity index is 1.79. The van der Waals surface area contributed by atoms with Crippen molar-refractivity contribution in [3.8, 4) is 22.6 Å². The number of esters is 1. The lowest BCUT2D eigenvalue weighted by atomic mass is 9.95. The second-order valence-electron chi connectivity index (χ2n) is 6.92. The smallest absolute Gasteiger partial charge is 0.353 e. The van der Waals surface area contributed by atoms with Gasteiger partial charge in [-0.1, -0.05) is 60.7 Å². The molecule has 0 amide bonds. The van der Waals surface area contributed by atoms with Crippen LogP contribution in [-0.2, 0) is 15.3 Å². The van der Waals surface area contributed by atoms with Crippen LogP contribution in [0.4, 0.5) is 4.39 Å². The van der Waals surface area contributed by atoms with Gasteiger partial charge in [0, 0.05) is 11.6 Å². The molecule has 158 valence electrons. The van der Waals surface area contributed by atoms with Crippen molar-refractivity contribution in [2.45, 2.75) is 12.6 Å². The molecule has 3 rings (SSSR count). The minimum Gasteiger partial charge on any atom is -0.493 e. The second-order valence-corrected chi connectivity index (χ2v) is 6.92. The second kappa shape index (κ2) is 9.26. The Hall–Kier alpha value is -3.93. The molecule has 6 heteroatoms. The summed E-state index contributed by atoms with van der Waals surface area (Å²) in [6.45, 7) is 1.14. The number of carboxylic acid groups (broad SMARTS) is 1. The highest BCUT2D eigenvalue weighted by Crippen LogP contribution is 2.34. The Bertz CT molecular complexity index is 1100. The Kier molecular flexibility index (Phi) is 6.50. The van der Waals surface area contributed by atoms with Gasteiger partial charge in [0.1, 0.15) is 0 Å². The minimum absolute atomic E-state index is 0.0322. The van der Waals surface area contributed by atoms with Gasteiger partial charge < -0.3 is 14.6 Å². The summed E-state index contributed by atoms with van der Waals surface area (Å²) < 4.78 is 25.8. The summed E-state index contributed by atoms with van der Waals surface area (Å²) in [7, 11) is 1.37. The molecule has 0 radical (unpaired) electrons. The molecule has 31 heavy (non-hydrogen) atoms. The number of carbonyl (C=O) groups is 2. The predicted octanol–water partition coefficient (Wildman–Crippen LogP) is 5.25. The molecule has 0 bridgehead atoms. The van der Waals surface area contributed by atoms with E-state index in [1.165, 1.54) is 31.4 Å². The number of carbonyl (C=O) groups excluding carboxylic acids is 1. The van der Waals surface area contributed by atoms with Gasteiger partial charge in [-0.05, 0) is 41.8 Å². The van der Waals surface area contributed by atoms with Crippen LogP contribution in [0.3, 0.4) is 0 Å². The van der Waals surface area contributed by atoms with Gasteiger partial charge in [-0.3, -0.25) is 0 Å². The Morgan fingerprint density at radius 1 is 0.935 bits per heavy atom. The molecule has 3 aromatic rings. The third-order valence-corrected chi connectivity index (χ3v) is 4.73. The molecule has 1 atom stereocenters. The van der Waals surface area contributed by atoms with Crippen LogP contribution in [0.15, 0.2) is 78.9 Å². The molecule has 1 N–H and O–H groups in total. The first-order chi connectivity index (χ1) is 14.8. The highest BCUT2D eigenvalue weighted by Gasteiger charge is 2.38.